The van der Waals surface area contributed by atoms with E-state index in [1.807, 2.05) is 4.90 Å². The highest BCUT2D eigenvalue weighted by molar-refractivity contribution is 6.34. The van der Waals surface area contributed by atoms with Crippen LogP contribution in [0.4, 0.5) is 5.69 Å². The summed E-state index contributed by atoms with van der Waals surface area (Å²) in [4.78, 5) is 14.4. The van der Waals surface area contributed by atoms with Crippen molar-refractivity contribution in [2.45, 2.75) is 33.6 Å². The molecule has 0 unspecified atom stereocenters. The van der Waals surface area contributed by atoms with Crippen LogP contribution in [0.25, 0.3) is 0 Å². The molecule has 1 aliphatic heterocycles. The largest absolute Gasteiger partial charge is 0.398 e. The van der Waals surface area contributed by atoms with Gasteiger partial charge in [-0.25, -0.2) is 0 Å². The molecule has 2 N–H and O–H groups in total. The number of likely N-dealkylation sites (tertiary alicyclic amines) is 1. The Bertz CT molecular complexity index is 479. The van der Waals surface area contributed by atoms with Gasteiger partial charge in [0.05, 0.1) is 10.6 Å². The molecule has 0 atom stereocenters. The van der Waals surface area contributed by atoms with Gasteiger partial charge in [0.2, 0.25) is 0 Å². The number of carbonyl (C=O) groups is 1. The maximum atomic E-state index is 12.6. The number of rotatable bonds is 1. The zero-order chi connectivity index (χ0) is 14.9. The number of benzene rings is 1. The van der Waals surface area contributed by atoms with Gasteiger partial charge in [-0.05, 0) is 36.3 Å². The van der Waals surface area contributed by atoms with E-state index in [9.17, 15) is 4.79 Å². The van der Waals surface area contributed by atoms with Crippen molar-refractivity contribution >= 4 is 23.2 Å². The Morgan fingerprint density at radius 2 is 1.90 bits per heavy atom. The van der Waals surface area contributed by atoms with Crippen LogP contribution >= 0.6 is 11.6 Å². The predicted molar refractivity (Wildman–Crippen MR) is 83.9 cm³/mol. The van der Waals surface area contributed by atoms with E-state index < -0.39 is 0 Å². The normalized spacial score (nSPS) is 17.3. The zero-order valence-electron chi connectivity index (χ0n) is 12.4. The van der Waals surface area contributed by atoms with Crippen molar-refractivity contribution in [1.29, 1.82) is 0 Å². The summed E-state index contributed by atoms with van der Waals surface area (Å²) in [6.07, 6.45) is 2.08. The number of halogens is 1. The van der Waals surface area contributed by atoms with Crippen LogP contribution in [-0.4, -0.2) is 23.9 Å². The Balaban J connectivity index is 2.09. The quantitative estimate of drug-likeness (QED) is 0.800. The Hall–Kier alpha value is -1.22. The van der Waals surface area contributed by atoms with Crippen LogP contribution in [0.3, 0.4) is 0 Å². The molecule has 0 bridgehead atoms. The van der Waals surface area contributed by atoms with E-state index in [2.05, 4.69) is 20.8 Å². The molecule has 0 aliphatic carbocycles. The van der Waals surface area contributed by atoms with Crippen molar-refractivity contribution in [3.05, 3.63) is 28.8 Å². The minimum absolute atomic E-state index is 0.0412. The number of hydrogen-bond acceptors (Lipinski definition) is 2. The molecular formula is C16H23ClN2O. The first-order valence-electron chi connectivity index (χ1n) is 7.14. The van der Waals surface area contributed by atoms with Crippen molar-refractivity contribution in [3.8, 4) is 0 Å². The number of amides is 1. The fourth-order valence-electron chi connectivity index (χ4n) is 2.87. The first kappa shape index (κ1) is 15.2. The van der Waals surface area contributed by atoms with E-state index in [-0.39, 0.29) is 5.91 Å². The SMILES string of the molecule is CC(C)(C)C1CCN(C(=O)c2c(N)cccc2Cl)CC1. The van der Waals surface area contributed by atoms with Crippen LogP contribution in [0.2, 0.25) is 5.02 Å². The summed E-state index contributed by atoms with van der Waals surface area (Å²) in [5.41, 5.74) is 7.10. The first-order valence-corrected chi connectivity index (χ1v) is 7.51. The highest BCUT2D eigenvalue weighted by atomic mass is 35.5. The lowest BCUT2D eigenvalue weighted by molar-refractivity contribution is 0.0610. The van der Waals surface area contributed by atoms with Crippen molar-refractivity contribution in [3.63, 3.8) is 0 Å². The smallest absolute Gasteiger partial charge is 0.257 e. The molecule has 1 heterocycles. The molecule has 1 aromatic rings. The van der Waals surface area contributed by atoms with Gasteiger partial charge >= 0.3 is 0 Å². The van der Waals surface area contributed by atoms with Gasteiger partial charge in [0.15, 0.2) is 0 Å². The number of nitrogens with zero attached hydrogens (tertiary/aromatic N) is 1. The Kier molecular flexibility index (Phi) is 4.28. The molecule has 110 valence electrons. The molecule has 0 aromatic heterocycles. The molecule has 1 fully saturated rings. The first-order chi connectivity index (χ1) is 9.30. The summed E-state index contributed by atoms with van der Waals surface area (Å²) in [5, 5.41) is 0.438. The lowest BCUT2D eigenvalue weighted by Crippen LogP contribution is -2.41. The highest BCUT2D eigenvalue weighted by Crippen LogP contribution is 2.35. The molecule has 4 heteroatoms. The second-order valence-corrected chi connectivity index (χ2v) is 7.04. The van der Waals surface area contributed by atoms with Gasteiger partial charge < -0.3 is 10.6 Å². The average molecular weight is 295 g/mol. The van der Waals surface area contributed by atoms with E-state index in [0.717, 1.165) is 25.9 Å². The third-order valence-corrected chi connectivity index (χ3v) is 4.58. The van der Waals surface area contributed by atoms with Crippen LogP contribution in [0, 0.1) is 11.3 Å². The van der Waals surface area contributed by atoms with Gasteiger partial charge in [-0.1, -0.05) is 38.4 Å². The Labute approximate surface area is 126 Å². The molecule has 1 saturated heterocycles. The fourth-order valence-corrected chi connectivity index (χ4v) is 3.14. The molecule has 0 spiro atoms. The predicted octanol–water partition coefficient (Wildman–Crippen LogP) is 3.82. The molecule has 3 nitrogen and oxygen atoms in total. The monoisotopic (exact) mass is 294 g/mol. The second-order valence-electron chi connectivity index (χ2n) is 6.64. The summed E-state index contributed by atoms with van der Waals surface area (Å²) in [6.45, 7) is 8.36. The highest BCUT2D eigenvalue weighted by Gasteiger charge is 2.31. The van der Waals surface area contributed by atoms with Crippen molar-refractivity contribution < 1.29 is 4.79 Å². The van der Waals surface area contributed by atoms with Crippen LogP contribution in [-0.2, 0) is 0 Å². The lowest BCUT2D eigenvalue weighted by atomic mass is 9.75. The molecule has 1 amide bonds. The zero-order valence-corrected chi connectivity index (χ0v) is 13.2. The fraction of sp³-hybridized carbons (Fsp3) is 0.562. The summed E-state index contributed by atoms with van der Waals surface area (Å²) < 4.78 is 0. The molecule has 0 radical (unpaired) electrons. The molecule has 2 rings (SSSR count). The average Bonchev–Trinajstić information content (AvgIpc) is 2.37. The number of carbonyl (C=O) groups excluding carboxylic acids is 1. The second kappa shape index (κ2) is 5.65. The summed E-state index contributed by atoms with van der Waals surface area (Å²) in [5.74, 6) is 0.621. The van der Waals surface area contributed by atoms with Crippen molar-refractivity contribution in [2.24, 2.45) is 11.3 Å². The van der Waals surface area contributed by atoms with Gasteiger partial charge in [-0.2, -0.15) is 0 Å². The maximum absolute atomic E-state index is 12.6. The lowest BCUT2D eigenvalue weighted by Gasteiger charge is -2.39. The standard InChI is InChI=1S/C16H23ClN2O/c1-16(2,3)11-7-9-19(10-8-11)15(20)14-12(17)5-4-6-13(14)18/h4-6,11H,7-10,18H2,1-3H3. The van der Waals surface area contributed by atoms with E-state index in [1.54, 1.807) is 18.2 Å². The third kappa shape index (κ3) is 3.09. The maximum Gasteiger partial charge on any atom is 0.257 e. The molecule has 1 aliphatic rings. The number of hydrogen-bond donors (Lipinski definition) is 1. The molecule has 1 aromatic carbocycles. The Morgan fingerprint density at radius 3 is 2.40 bits per heavy atom. The van der Waals surface area contributed by atoms with Gasteiger partial charge in [-0.3, -0.25) is 4.79 Å². The van der Waals surface area contributed by atoms with Crippen LogP contribution < -0.4 is 5.73 Å². The number of anilines is 1. The minimum atomic E-state index is -0.0412. The molecule has 20 heavy (non-hydrogen) atoms. The minimum Gasteiger partial charge on any atom is -0.398 e. The number of nitrogens with two attached hydrogens (primary N) is 1. The van der Waals surface area contributed by atoms with Crippen molar-refractivity contribution in [2.75, 3.05) is 18.8 Å². The third-order valence-electron chi connectivity index (χ3n) is 4.27. The van der Waals surface area contributed by atoms with Crippen LogP contribution in [0.5, 0.6) is 0 Å². The van der Waals surface area contributed by atoms with Gasteiger partial charge in [0, 0.05) is 18.8 Å². The summed E-state index contributed by atoms with van der Waals surface area (Å²) in [7, 11) is 0. The topological polar surface area (TPSA) is 46.3 Å². The van der Waals surface area contributed by atoms with Gasteiger partial charge in [0.25, 0.3) is 5.91 Å². The molecule has 0 saturated carbocycles. The van der Waals surface area contributed by atoms with E-state index in [4.69, 9.17) is 17.3 Å². The number of piperidine rings is 1. The number of nitrogen functional groups attached to an aromatic ring is 1. The van der Waals surface area contributed by atoms with Gasteiger partial charge in [-0.15, -0.1) is 0 Å². The summed E-state index contributed by atoms with van der Waals surface area (Å²) in [6, 6.07) is 5.20. The van der Waals surface area contributed by atoms with Gasteiger partial charge in [0.1, 0.15) is 0 Å². The van der Waals surface area contributed by atoms with E-state index >= 15 is 0 Å². The molecular weight excluding hydrogens is 272 g/mol. The summed E-state index contributed by atoms with van der Waals surface area (Å²) >= 11 is 6.12. The van der Waals surface area contributed by atoms with Crippen LogP contribution in [0.1, 0.15) is 44.0 Å². The van der Waals surface area contributed by atoms with Crippen LogP contribution in [0.15, 0.2) is 18.2 Å². The van der Waals surface area contributed by atoms with E-state index in [1.165, 1.54) is 0 Å². The van der Waals surface area contributed by atoms with E-state index in [0.29, 0.717) is 27.6 Å². The Morgan fingerprint density at radius 1 is 1.30 bits per heavy atom. The van der Waals surface area contributed by atoms with Crippen molar-refractivity contribution in [1.82, 2.24) is 4.90 Å².